The Morgan fingerprint density at radius 2 is 1.81 bits per heavy atom. The largest absolute Gasteiger partial charge is 0.480 e. The number of carboxylic acids is 1. The highest BCUT2D eigenvalue weighted by atomic mass is 16.4. The molecule has 2 saturated carbocycles. The maximum atomic E-state index is 12.0. The van der Waals surface area contributed by atoms with E-state index in [0.717, 1.165) is 38.8 Å². The molecule has 2 unspecified atom stereocenters. The molecule has 0 aromatic carbocycles. The van der Waals surface area contributed by atoms with Gasteiger partial charge in [-0.2, -0.15) is 0 Å². The van der Waals surface area contributed by atoms with Crippen LogP contribution in [-0.2, 0) is 4.79 Å². The molecule has 0 bridgehead atoms. The molecule has 120 valence electrons. The number of nitrogens with zero attached hydrogens (tertiary/aromatic N) is 1. The lowest BCUT2D eigenvalue weighted by molar-refractivity contribution is -0.147. The molecule has 1 heterocycles. The summed E-state index contributed by atoms with van der Waals surface area (Å²) in [4.78, 5) is 14.4. The van der Waals surface area contributed by atoms with Crippen molar-refractivity contribution < 1.29 is 9.90 Å². The van der Waals surface area contributed by atoms with Gasteiger partial charge in [-0.05, 0) is 55.9 Å². The fraction of sp³-hybridized carbons (Fsp3) is 0.941. The monoisotopic (exact) mass is 294 g/mol. The highest BCUT2D eigenvalue weighted by Crippen LogP contribution is 2.43. The lowest BCUT2D eigenvalue weighted by Gasteiger charge is -2.35. The Bertz CT molecular complexity index is 410. The van der Waals surface area contributed by atoms with E-state index in [1.807, 2.05) is 0 Å². The Kier molecular flexibility index (Phi) is 3.81. The lowest BCUT2D eigenvalue weighted by Crippen LogP contribution is -2.61. The smallest absolute Gasteiger partial charge is 0.325 e. The van der Waals surface area contributed by atoms with Crippen LogP contribution in [0.4, 0.5) is 0 Å². The Balaban J connectivity index is 1.68. The van der Waals surface area contributed by atoms with Crippen LogP contribution >= 0.6 is 0 Å². The maximum Gasteiger partial charge on any atom is 0.325 e. The molecular weight excluding hydrogens is 264 g/mol. The van der Waals surface area contributed by atoms with Gasteiger partial charge in [0.15, 0.2) is 0 Å². The van der Waals surface area contributed by atoms with E-state index in [9.17, 15) is 9.90 Å². The third kappa shape index (κ3) is 3.26. The molecule has 3 aliphatic rings. The van der Waals surface area contributed by atoms with Crippen LogP contribution in [0, 0.1) is 17.3 Å². The third-order valence-corrected chi connectivity index (χ3v) is 5.67. The summed E-state index contributed by atoms with van der Waals surface area (Å²) in [7, 11) is 0. The molecule has 4 nitrogen and oxygen atoms in total. The van der Waals surface area contributed by atoms with Gasteiger partial charge in [0, 0.05) is 19.1 Å². The first-order chi connectivity index (χ1) is 9.81. The molecule has 3 fully saturated rings. The number of hydrogen-bond donors (Lipinski definition) is 2. The van der Waals surface area contributed by atoms with E-state index in [2.05, 4.69) is 31.0 Å². The van der Waals surface area contributed by atoms with Gasteiger partial charge in [-0.25, -0.2) is 0 Å². The van der Waals surface area contributed by atoms with E-state index in [4.69, 9.17) is 0 Å². The number of likely N-dealkylation sites (tertiary alicyclic amines) is 1. The summed E-state index contributed by atoms with van der Waals surface area (Å²) < 4.78 is 0. The van der Waals surface area contributed by atoms with Gasteiger partial charge in [-0.1, -0.05) is 20.8 Å². The van der Waals surface area contributed by atoms with Crippen molar-refractivity contribution in [1.82, 2.24) is 10.2 Å². The molecule has 1 saturated heterocycles. The quantitative estimate of drug-likeness (QED) is 0.789. The standard InChI is InChI=1S/C17H30N2O2/c1-16(2,3)13-8-9-19(10-13)11-17(15(20)21,12-4-5-12)18-14-6-7-14/h12-14,18H,4-11H2,1-3H3,(H,20,21). The summed E-state index contributed by atoms with van der Waals surface area (Å²) in [6, 6.07) is 0.447. The first-order valence-corrected chi connectivity index (χ1v) is 8.55. The molecule has 0 amide bonds. The van der Waals surface area contributed by atoms with Gasteiger partial charge in [0.2, 0.25) is 0 Å². The molecule has 3 rings (SSSR count). The number of carboxylic acid groups (broad SMARTS) is 1. The van der Waals surface area contributed by atoms with Crippen molar-refractivity contribution >= 4 is 5.97 Å². The van der Waals surface area contributed by atoms with Crippen LogP contribution in [0.2, 0.25) is 0 Å². The summed E-state index contributed by atoms with van der Waals surface area (Å²) >= 11 is 0. The van der Waals surface area contributed by atoms with Crippen molar-refractivity contribution in [2.75, 3.05) is 19.6 Å². The Labute approximate surface area is 128 Å². The molecule has 2 atom stereocenters. The van der Waals surface area contributed by atoms with Crippen molar-refractivity contribution in [3.8, 4) is 0 Å². The highest BCUT2D eigenvalue weighted by Gasteiger charge is 2.54. The predicted molar refractivity (Wildman–Crippen MR) is 83.3 cm³/mol. The van der Waals surface area contributed by atoms with Gasteiger partial charge in [0.25, 0.3) is 0 Å². The molecule has 2 aliphatic carbocycles. The van der Waals surface area contributed by atoms with E-state index in [-0.39, 0.29) is 0 Å². The molecule has 0 aromatic heterocycles. The van der Waals surface area contributed by atoms with E-state index in [1.165, 1.54) is 6.42 Å². The van der Waals surface area contributed by atoms with Crippen molar-refractivity contribution in [2.45, 2.75) is 64.5 Å². The summed E-state index contributed by atoms with van der Waals surface area (Å²) in [6.45, 7) is 9.70. The van der Waals surface area contributed by atoms with Crippen molar-refractivity contribution in [3.05, 3.63) is 0 Å². The lowest BCUT2D eigenvalue weighted by atomic mass is 9.80. The zero-order chi connectivity index (χ0) is 15.3. The Morgan fingerprint density at radius 3 is 2.24 bits per heavy atom. The summed E-state index contributed by atoms with van der Waals surface area (Å²) in [5.74, 6) is 0.393. The van der Waals surface area contributed by atoms with Crippen molar-refractivity contribution in [3.63, 3.8) is 0 Å². The summed E-state index contributed by atoms with van der Waals surface area (Å²) in [5.41, 5.74) is -0.363. The SMILES string of the molecule is CC(C)(C)C1CCN(CC(NC2CC2)(C(=O)O)C2CC2)C1. The zero-order valence-corrected chi connectivity index (χ0v) is 13.7. The van der Waals surface area contributed by atoms with Crippen molar-refractivity contribution in [2.24, 2.45) is 17.3 Å². The molecule has 2 N–H and O–H groups in total. The number of aliphatic carboxylic acids is 1. The second kappa shape index (κ2) is 5.24. The normalized spacial score (nSPS) is 30.3. The van der Waals surface area contributed by atoms with Crippen LogP contribution in [0.1, 0.15) is 52.9 Å². The Morgan fingerprint density at radius 1 is 1.14 bits per heavy atom. The van der Waals surface area contributed by atoms with Crippen LogP contribution in [0.25, 0.3) is 0 Å². The fourth-order valence-electron chi connectivity index (χ4n) is 3.80. The first-order valence-electron chi connectivity index (χ1n) is 8.55. The van der Waals surface area contributed by atoms with Gasteiger partial charge >= 0.3 is 5.97 Å². The van der Waals surface area contributed by atoms with E-state index in [0.29, 0.717) is 29.8 Å². The maximum absolute atomic E-state index is 12.0. The average Bonchev–Trinajstić information content (AvgIpc) is 3.27. The van der Waals surface area contributed by atoms with Gasteiger partial charge in [-0.15, -0.1) is 0 Å². The van der Waals surface area contributed by atoms with Gasteiger partial charge in [-0.3, -0.25) is 10.1 Å². The number of hydrogen-bond acceptors (Lipinski definition) is 3. The molecule has 21 heavy (non-hydrogen) atoms. The van der Waals surface area contributed by atoms with Crippen LogP contribution in [-0.4, -0.2) is 47.2 Å². The number of nitrogens with one attached hydrogen (secondary N) is 1. The second-order valence-electron chi connectivity index (χ2n) is 8.56. The van der Waals surface area contributed by atoms with Crippen LogP contribution < -0.4 is 5.32 Å². The number of carbonyl (C=O) groups is 1. The molecule has 0 radical (unpaired) electrons. The van der Waals surface area contributed by atoms with Gasteiger partial charge in [0.05, 0.1) is 0 Å². The molecule has 0 spiro atoms. The number of rotatable bonds is 6. The topological polar surface area (TPSA) is 52.6 Å². The highest BCUT2D eigenvalue weighted by molar-refractivity contribution is 5.80. The van der Waals surface area contributed by atoms with Gasteiger partial charge < -0.3 is 10.0 Å². The third-order valence-electron chi connectivity index (χ3n) is 5.67. The summed E-state index contributed by atoms with van der Waals surface area (Å²) in [5, 5.41) is 13.4. The second-order valence-corrected chi connectivity index (χ2v) is 8.56. The van der Waals surface area contributed by atoms with E-state index < -0.39 is 11.5 Å². The average molecular weight is 294 g/mol. The fourth-order valence-corrected chi connectivity index (χ4v) is 3.80. The van der Waals surface area contributed by atoms with E-state index in [1.54, 1.807) is 0 Å². The van der Waals surface area contributed by atoms with Crippen molar-refractivity contribution in [1.29, 1.82) is 0 Å². The van der Waals surface area contributed by atoms with Crippen LogP contribution in [0.15, 0.2) is 0 Å². The van der Waals surface area contributed by atoms with Crippen LogP contribution in [0.5, 0.6) is 0 Å². The minimum absolute atomic E-state index is 0.324. The van der Waals surface area contributed by atoms with E-state index >= 15 is 0 Å². The minimum atomic E-state index is -0.687. The minimum Gasteiger partial charge on any atom is -0.480 e. The first kappa shape index (κ1) is 15.3. The predicted octanol–water partition coefficient (Wildman–Crippen LogP) is 2.34. The molecule has 0 aromatic rings. The van der Waals surface area contributed by atoms with Crippen LogP contribution in [0.3, 0.4) is 0 Å². The van der Waals surface area contributed by atoms with Gasteiger partial charge in [0.1, 0.15) is 5.54 Å². The molecule has 4 heteroatoms. The Hall–Kier alpha value is -0.610. The molecule has 1 aliphatic heterocycles. The zero-order valence-electron chi connectivity index (χ0n) is 13.7. The summed E-state index contributed by atoms with van der Waals surface area (Å²) in [6.07, 6.45) is 5.64. The molecular formula is C17H30N2O2.